The molecule has 2 atom stereocenters. The van der Waals surface area contributed by atoms with Crippen LogP contribution in [0.3, 0.4) is 0 Å². The summed E-state index contributed by atoms with van der Waals surface area (Å²) in [5.74, 6) is -0.613. The summed E-state index contributed by atoms with van der Waals surface area (Å²) in [7, 11) is 3.91. The topological polar surface area (TPSA) is 86.2 Å². The van der Waals surface area contributed by atoms with Crippen molar-refractivity contribution in [2.24, 2.45) is 0 Å². The molecule has 33 heavy (non-hydrogen) atoms. The maximum absolute atomic E-state index is 13.8. The van der Waals surface area contributed by atoms with Gasteiger partial charge in [-0.05, 0) is 57.0 Å². The van der Waals surface area contributed by atoms with Gasteiger partial charge < -0.3 is 15.5 Å². The summed E-state index contributed by atoms with van der Waals surface area (Å²) in [6.07, 6.45) is -3.98. The van der Waals surface area contributed by atoms with Crippen LogP contribution in [0.5, 0.6) is 0 Å². The predicted octanol–water partition coefficient (Wildman–Crippen LogP) is 3.26. The molecule has 0 spiro atoms. The first-order valence-electron chi connectivity index (χ1n) is 10.2. The summed E-state index contributed by atoms with van der Waals surface area (Å²) < 4.78 is 42.2. The monoisotopic (exact) mass is 503 g/mol. The Morgan fingerprint density at radius 1 is 1.30 bits per heavy atom. The van der Waals surface area contributed by atoms with Crippen LogP contribution >= 0.6 is 23.8 Å². The summed E-state index contributed by atoms with van der Waals surface area (Å²) in [5, 5.41) is 10.6. The van der Waals surface area contributed by atoms with Gasteiger partial charge in [0.25, 0.3) is 5.91 Å². The standard InChI is InChI=1S/C20H25ClF3N7OS/c1-30(2)9-3-8-25-19(33)28-27-18(32)15-11-17-26-14(12-4-6-13(21)7-5-12)10-16(20(22,23)24)31(17)29-15/h4-7,11,14,16,26H,3,8-10H2,1-2H3,(H,27,32)(H2,25,28,33). The maximum atomic E-state index is 13.8. The van der Waals surface area contributed by atoms with E-state index in [0.717, 1.165) is 17.6 Å². The molecule has 0 radical (unpaired) electrons. The first kappa shape index (κ1) is 25.1. The van der Waals surface area contributed by atoms with Crippen molar-refractivity contribution in [3.05, 3.63) is 46.6 Å². The van der Waals surface area contributed by atoms with Crippen LogP contribution in [0.2, 0.25) is 5.02 Å². The van der Waals surface area contributed by atoms with Crippen molar-refractivity contribution in [1.29, 1.82) is 0 Å². The van der Waals surface area contributed by atoms with Gasteiger partial charge in [-0.25, -0.2) is 4.68 Å². The molecule has 13 heteroatoms. The maximum Gasteiger partial charge on any atom is 0.410 e. The van der Waals surface area contributed by atoms with Crippen LogP contribution in [0.1, 0.15) is 41.0 Å². The fourth-order valence-electron chi connectivity index (χ4n) is 3.42. The molecule has 0 bridgehead atoms. The number of thiocarbonyl (C=S) groups is 1. The number of carbonyl (C=O) groups excluding carboxylic acids is 1. The average Bonchev–Trinajstić information content (AvgIpc) is 3.18. The highest BCUT2D eigenvalue weighted by atomic mass is 35.5. The first-order chi connectivity index (χ1) is 15.5. The van der Waals surface area contributed by atoms with Crippen LogP contribution in [0.4, 0.5) is 19.0 Å². The highest BCUT2D eigenvalue weighted by Gasteiger charge is 2.46. The van der Waals surface area contributed by atoms with Crippen LogP contribution < -0.4 is 21.5 Å². The molecule has 0 fully saturated rings. The third-order valence-electron chi connectivity index (χ3n) is 5.05. The Hall–Kier alpha value is -2.57. The lowest BCUT2D eigenvalue weighted by Gasteiger charge is -2.33. The molecular formula is C20H25ClF3N7OS. The highest BCUT2D eigenvalue weighted by molar-refractivity contribution is 7.80. The number of benzene rings is 1. The Labute approximate surface area is 199 Å². The largest absolute Gasteiger partial charge is 0.410 e. The first-order valence-corrected chi connectivity index (χ1v) is 11.0. The Balaban J connectivity index is 1.67. The average molecular weight is 504 g/mol. The molecule has 1 aromatic heterocycles. The van der Waals surface area contributed by atoms with E-state index in [2.05, 4.69) is 26.6 Å². The lowest BCUT2D eigenvalue weighted by Crippen LogP contribution is -2.47. The van der Waals surface area contributed by atoms with Gasteiger partial charge in [-0.15, -0.1) is 0 Å². The van der Waals surface area contributed by atoms with Crippen LogP contribution in [0, 0.1) is 0 Å². The van der Waals surface area contributed by atoms with E-state index in [9.17, 15) is 18.0 Å². The number of nitrogens with zero attached hydrogens (tertiary/aromatic N) is 3. The smallest absolute Gasteiger partial charge is 0.363 e. The quantitative estimate of drug-likeness (QED) is 0.273. The fourth-order valence-corrected chi connectivity index (χ4v) is 3.70. The molecule has 1 aliphatic heterocycles. The van der Waals surface area contributed by atoms with Gasteiger partial charge in [-0.3, -0.25) is 15.6 Å². The number of nitrogens with one attached hydrogen (secondary N) is 4. The second-order valence-electron chi connectivity index (χ2n) is 7.89. The number of rotatable bonds is 6. The SMILES string of the molecule is CN(C)CCCNC(=S)NNC(=O)c1cc2n(n1)C(C(F)(F)F)CC(c1ccc(Cl)cc1)N2. The van der Waals surface area contributed by atoms with Crippen molar-refractivity contribution in [3.63, 3.8) is 0 Å². The molecule has 0 aliphatic carbocycles. The number of alkyl halides is 3. The van der Waals surface area contributed by atoms with Gasteiger partial charge in [0.1, 0.15) is 5.82 Å². The number of carbonyl (C=O) groups is 1. The van der Waals surface area contributed by atoms with E-state index < -0.39 is 24.2 Å². The highest BCUT2D eigenvalue weighted by Crippen LogP contribution is 2.43. The molecule has 2 heterocycles. The Morgan fingerprint density at radius 3 is 2.64 bits per heavy atom. The number of fused-ring (bicyclic) bond motifs is 1. The van der Waals surface area contributed by atoms with Gasteiger partial charge in [0.2, 0.25) is 0 Å². The van der Waals surface area contributed by atoms with E-state index in [1.807, 2.05) is 19.0 Å². The molecule has 1 amide bonds. The van der Waals surface area contributed by atoms with Gasteiger partial charge in [-0.2, -0.15) is 18.3 Å². The molecule has 0 saturated heterocycles. The van der Waals surface area contributed by atoms with E-state index >= 15 is 0 Å². The fraction of sp³-hybridized carbons (Fsp3) is 0.450. The number of hydrogen-bond donors (Lipinski definition) is 4. The van der Waals surface area contributed by atoms with Gasteiger partial charge in [0, 0.05) is 24.1 Å². The molecule has 2 aromatic rings. The number of anilines is 1. The molecule has 180 valence electrons. The van der Waals surface area contributed by atoms with Gasteiger partial charge in [0.15, 0.2) is 16.8 Å². The third-order valence-corrected chi connectivity index (χ3v) is 5.55. The second kappa shape index (κ2) is 10.6. The Kier molecular flexibility index (Phi) is 8.03. The Bertz CT molecular complexity index is 981. The normalized spacial score (nSPS) is 17.8. The molecule has 3 rings (SSSR count). The van der Waals surface area contributed by atoms with Crippen LogP contribution in [0.15, 0.2) is 30.3 Å². The van der Waals surface area contributed by atoms with E-state index in [1.165, 1.54) is 6.07 Å². The number of amides is 1. The number of aromatic nitrogens is 2. The molecule has 1 aliphatic rings. The Morgan fingerprint density at radius 2 is 2.00 bits per heavy atom. The van der Waals surface area contributed by atoms with E-state index in [0.29, 0.717) is 17.1 Å². The number of halogens is 4. The van der Waals surface area contributed by atoms with Crippen LogP contribution in [-0.2, 0) is 0 Å². The molecule has 1 aromatic carbocycles. The molecule has 8 nitrogen and oxygen atoms in total. The van der Waals surface area contributed by atoms with Crippen LogP contribution in [0.25, 0.3) is 0 Å². The molecular weight excluding hydrogens is 479 g/mol. The lowest BCUT2D eigenvalue weighted by atomic mass is 9.97. The van der Waals surface area contributed by atoms with E-state index in [4.69, 9.17) is 23.8 Å². The zero-order valence-corrected chi connectivity index (χ0v) is 19.6. The van der Waals surface area contributed by atoms with Crippen molar-refractivity contribution in [2.45, 2.75) is 31.1 Å². The zero-order chi connectivity index (χ0) is 24.2. The second-order valence-corrected chi connectivity index (χ2v) is 8.74. The van der Waals surface area contributed by atoms with Crippen molar-refractivity contribution in [1.82, 2.24) is 30.8 Å². The summed E-state index contributed by atoms with van der Waals surface area (Å²) in [6, 6.07) is 5.36. The molecule has 4 N–H and O–H groups in total. The molecule has 2 unspecified atom stereocenters. The molecule has 0 saturated carbocycles. The van der Waals surface area contributed by atoms with Crippen molar-refractivity contribution in [2.75, 3.05) is 32.5 Å². The van der Waals surface area contributed by atoms with Crippen molar-refractivity contribution >= 4 is 40.7 Å². The van der Waals surface area contributed by atoms with E-state index in [1.54, 1.807) is 24.3 Å². The summed E-state index contributed by atoms with van der Waals surface area (Å²) in [5.41, 5.74) is 5.37. The van der Waals surface area contributed by atoms with Gasteiger partial charge in [-0.1, -0.05) is 23.7 Å². The minimum Gasteiger partial charge on any atom is -0.363 e. The van der Waals surface area contributed by atoms with Crippen molar-refractivity contribution < 1.29 is 18.0 Å². The minimum absolute atomic E-state index is 0.0954. The lowest BCUT2D eigenvalue weighted by molar-refractivity contribution is -0.173. The number of hydrogen-bond acceptors (Lipinski definition) is 5. The van der Waals surface area contributed by atoms with Crippen LogP contribution in [-0.4, -0.2) is 59.1 Å². The minimum atomic E-state index is -4.54. The predicted molar refractivity (Wildman–Crippen MR) is 124 cm³/mol. The van der Waals surface area contributed by atoms with Gasteiger partial charge in [0.05, 0.1) is 6.04 Å². The van der Waals surface area contributed by atoms with E-state index in [-0.39, 0.29) is 23.0 Å². The zero-order valence-electron chi connectivity index (χ0n) is 18.0. The summed E-state index contributed by atoms with van der Waals surface area (Å²) in [6.45, 7) is 1.47. The van der Waals surface area contributed by atoms with Crippen molar-refractivity contribution in [3.8, 4) is 0 Å². The third kappa shape index (κ3) is 6.71. The summed E-state index contributed by atoms with van der Waals surface area (Å²) in [4.78, 5) is 14.5. The summed E-state index contributed by atoms with van der Waals surface area (Å²) >= 11 is 11.0. The van der Waals surface area contributed by atoms with Gasteiger partial charge >= 0.3 is 6.18 Å². The number of hydrazine groups is 1.